The number of aromatic nitrogens is 2. The zero-order valence-corrected chi connectivity index (χ0v) is 36.0. The second-order valence-electron chi connectivity index (χ2n) is 17.0. The van der Waals surface area contributed by atoms with Crippen molar-refractivity contribution in [2.75, 3.05) is 47.7 Å². The highest BCUT2D eigenvalue weighted by atomic mass is 16.5. The number of imidazole rings is 1. The lowest BCUT2D eigenvalue weighted by Crippen LogP contribution is -2.55. The van der Waals surface area contributed by atoms with Crippen molar-refractivity contribution in [3.05, 3.63) is 72.3 Å². The number of nitrogens with zero attached hydrogens (tertiary/aromatic N) is 4. The van der Waals surface area contributed by atoms with Crippen LogP contribution in [0.5, 0.6) is 0 Å². The zero-order chi connectivity index (χ0) is 43.2. The number of carbonyl (C=O) groups is 4. The average molecular weight is 838 g/mol. The van der Waals surface area contributed by atoms with E-state index in [1.807, 2.05) is 43.0 Å². The quantitative estimate of drug-likeness (QED) is 0.177. The molecule has 6 atom stereocenters. The third kappa shape index (κ3) is 9.68. The second-order valence-corrected chi connectivity index (χ2v) is 17.0. The van der Waals surface area contributed by atoms with Crippen molar-refractivity contribution >= 4 is 35.3 Å². The van der Waals surface area contributed by atoms with Gasteiger partial charge in [-0.15, -0.1) is 0 Å². The molecule has 3 aromatic rings. The van der Waals surface area contributed by atoms with Gasteiger partial charge in [-0.1, -0.05) is 62.4 Å². The minimum atomic E-state index is -0.709. The van der Waals surface area contributed by atoms with Gasteiger partial charge in [0.05, 0.1) is 44.8 Å². The Labute approximate surface area is 357 Å². The molecular weight excluding hydrogens is 779 g/mol. The number of rotatable bonds is 13. The van der Waals surface area contributed by atoms with Crippen molar-refractivity contribution in [2.45, 2.75) is 89.5 Å². The molecule has 326 valence electrons. The first kappa shape index (κ1) is 43.5. The van der Waals surface area contributed by atoms with Gasteiger partial charge in [-0.3, -0.25) is 14.6 Å². The highest BCUT2D eigenvalue weighted by molar-refractivity contribution is 6.04. The molecule has 1 aromatic heterocycles. The summed E-state index contributed by atoms with van der Waals surface area (Å²) in [6, 6.07) is 14.9. The first-order valence-corrected chi connectivity index (χ1v) is 21.4. The van der Waals surface area contributed by atoms with Gasteiger partial charge in [0.1, 0.15) is 17.9 Å². The predicted octanol–water partition coefficient (Wildman–Crippen LogP) is 6.38. The molecule has 0 bridgehead atoms. The fourth-order valence-corrected chi connectivity index (χ4v) is 9.32. The summed E-state index contributed by atoms with van der Waals surface area (Å²) in [7, 11) is 4.28. The fourth-order valence-electron chi connectivity index (χ4n) is 9.32. The van der Waals surface area contributed by atoms with Gasteiger partial charge >= 0.3 is 12.2 Å². The van der Waals surface area contributed by atoms with E-state index in [0.717, 1.165) is 64.3 Å². The second kappa shape index (κ2) is 19.4. The molecule has 7 rings (SSSR count). The van der Waals surface area contributed by atoms with Gasteiger partial charge in [0.25, 0.3) is 0 Å². The Balaban J connectivity index is 0.997. The number of aliphatic imine (C=N–C) groups is 1. The van der Waals surface area contributed by atoms with E-state index < -0.39 is 24.3 Å². The van der Waals surface area contributed by atoms with E-state index in [9.17, 15) is 19.2 Å². The number of amides is 4. The summed E-state index contributed by atoms with van der Waals surface area (Å²) >= 11 is 0. The van der Waals surface area contributed by atoms with Crippen LogP contribution in [0.25, 0.3) is 28.0 Å². The highest BCUT2D eigenvalue weighted by Gasteiger charge is 2.44. The molecule has 15 heteroatoms. The maximum absolute atomic E-state index is 14.3. The van der Waals surface area contributed by atoms with Crippen LogP contribution in [-0.2, 0) is 28.5 Å². The first-order valence-electron chi connectivity index (χ1n) is 21.4. The first-order chi connectivity index (χ1) is 29.5. The monoisotopic (exact) mass is 837 g/mol. The van der Waals surface area contributed by atoms with Crippen molar-refractivity contribution in [2.24, 2.45) is 22.7 Å². The molecule has 0 unspecified atom stereocenters. The molecule has 4 amide bonds. The topological polar surface area (TPSA) is 177 Å². The van der Waals surface area contributed by atoms with E-state index in [0.29, 0.717) is 45.6 Å². The van der Waals surface area contributed by atoms with Gasteiger partial charge in [0.2, 0.25) is 11.8 Å². The molecule has 3 fully saturated rings. The van der Waals surface area contributed by atoms with Crippen LogP contribution in [0, 0.1) is 17.8 Å². The van der Waals surface area contributed by atoms with Crippen LogP contribution in [-0.4, -0.2) is 121 Å². The molecule has 0 spiro atoms. The number of ether oxygens (including phenoxy) is 4. The van der Waals surface area contributed by atoms with Crippen LogP contribution in [0.4, 0.5) is 9.59 Å². The molecule has 2 aromatic carbocycles. The lowest BCUT2D eigenvalue weighted by molar-refractivity contribution is -0.137. The number of methoxy groups -OCH3 is 3. The van der Waals surface area contributed by atoms with Crippen LogP contribution in [0.2, 0.25) is 0 Å². The lowest BCUT2D eigenvalue weighted by atomic mass is 9.90. The van der Waals surface area contributed by atoms with Gasteiger partial charge in [0.15, 0.2) is 0 Å². The SMILES string of the molecule is COC[C@H]1C[C@@H](C2=NC=C(c3ccc(-c4ccc(-c5cnc([C@@H]6CC[C@H](C)N6C(=O)[C@@H](NC(=O)OC)C(C)C)[nH]5)cc4)cc3)C2)N(C(=O)[C@@H](NC(=O)OC)C2CCOCC2)C1. The van der Waals surface area contributed by atoms with Crippen LogP contribution in [0.15, 0.2) is 65.9 Å². The number of hydrogen-bond donors (Lipinski definition) is 3. The maximum atomic E-state index is 14.3. The van der Waals surface area contributed by atoms with E-state index in [1.54, 1.807) is 7.11 Å². The number of likely N-dealkylation sites (tertiary alicyclic amines) is 2. The number of nitrogens with one attached hydrogen (secondary N) is 3. The standard InChI is InChI=1S/C46H59N7O8/c1-27(2)40(50-45(56)59-5)44(55)53-28(3)7-16-38(53)42-48-24-37(49-42)33-14-12-31(13-15-33)30-8-10-32(11-9-30)35-22-36(47-23-35)39-21-29(26-58-4)25-52(39)43(54)41(51-46(57)60-6)34-17-19-61-20-18-34/h8-15,23-24,27-29,34,38-41H,7,16-22,25-26H2,1-6H3,(H,48,49)(H,50,56)(H,51,57)/t28-,29-,38-,39-,40-,41-/m0/s1. The number of carbonyl (C=O) groups excluding carboxylic acids is 4. The van der Waals surface area contributed by atoms with Crippen molar-refractivity contribution in [1.82, 2.24) is 30.4 Å². The molecular formula is C46H59N7O8. The number of benzene rings is 2. The summed E-state index contributed by atoms with van der Waals surface area (Å²) in [4.78, 5) is 69.3. The van der Waals surface area contributed by atoms with E-state index in [1.165, 1.54) is 14.2 Å². The molecule has 4 aliphatic rings. The Hall–Kier alpha value is -5.54. The van der Waals surface area contributed by atoms with Gasteiger partial charge in [-0.2, -0.15) is 0 Å². The third-order valence-electron chi connectivity index (χ3n) is 12.7. The summed E-state index contributed by atoms with van der Waals surface area (Å²) in [5, 5.41) is 5.56. The summed E-state index contributed by atoms with van der Waals surface area (Å²) in [6.45, 7) is 8.00. The Kier molecular flexibility index (Phi) is 13.9. The van der Waals surface area contributed by atoms with Crippen LogP contribution < -0.4 is 10.6 Å². The zero-order valence-electron chi connectivity index (χ0n) is 36.0. The summed E-state index contributed by atoms with van der Waals surface area (Å²) in [5.41, 5.74) is 7.05. The normalized spacial score (nSPS) is 22.7. The largest absolute Gasteiger partial charge is 0.453 e. The van der Waals surface area contributed by atoms with Crippen LogP contribution in [0.1, 0.15) is 76.7 Å². The van der Waals surface area contributed by atoms with Crippen LogP contribution in [0.3, 0.4) is 0 Å². The third-order valence-corrected chi connectivity index (χ3v) is 12.7. The van der Waals surface area contributed by atoms with E-state index in [4.69, 9.17) is 28.9 Å². The average Bonchev–Trinajstić information content (AvgIpc) is 4.11. The van der Waals surface area contributed by atoms with E-state index >= 15 is 0 Å². The van der Waals surface area contributed by atoms with Gasteiger partial charge in [-0.25, -0.2) is 14.6 Å². The van der Waals surface area contributed by atoms with Gasteiger partial charge < -0.3 is 44.4 Å². The lowest BCUT2D eigenvalue weighted by Gasteiger charge is -2.34. The summed E-state index contributed by atoms with van der Waals surface area (Å²) in [6.07, 6.45) is 6.80. The summed E-state index contributed by atoms with van der Waals surface area (Å²) in [5.74, 6) is 0.444. The van der Waals surface area contributed by atoms with Crippen LogP contribution >= 0.6 is 0 Å². The molecule has 0 saturated carbocycles. The van der Waals surface area contributed by atoms with E-state index in [2.05, 4.69) is 64.1 Å². The molecule has 15 nitrogen and oxygen atoms in total. The Morgan fingerprint density at radius 2 is 1.48 bits per heavy atom. The Morgan fingerprint density at radius 1 is 0.836 bits per heavy atom. The summed E-state index contributed by atoms with van der Waals surface area (Å²) < 4.78 is 20.8. The number of aromatic amines is 1. The van der Waals surface area contributed by atoms with Crippen molar-refractivity contribution in [3.8, 4) is 22.4 Å². The molecule has 4 aliphatic heterocycles. The van der Waals surface area contributed by atoms with Crippen molar-refractivity contribution in [3.63, 3.8) is 0 Å². The highest BCUT2D eigenvalue weighted by Crippen LogP contribution is 2.38. The molecule has 3 saturated heterocycles. The fraction of sp³-hybridized carbons (Fsp3) is 0.522. The smallest absolute Gasteiger partial charge is 0.407 e. The maximum Gasteiger partial charge on any atom is 0.407 e. The molecule has 3 N–H and O–H groups in total. The Bertz CT molecular complexity index is 2090. The predicted molar refractivity (Wildman–Crippen MR) is 230 cm³/mol. The minimum Gasteiger partial charge on any atom is -0.453 e. The molecule has 5 heterocycles. The molecule has 0 radical (unpaired) electrons. The number of allylic oxidation sites excluding steroid dienone is 1. The van der Waals surface area contributed by atoms with Crippen molar-refractivity contribution < 1.29 is 38.1 Å². The molecule has 0 aliphatic carbocycles. The van der Waals surface area contributed by atoms with E-state index in [-0.39, 0.29) is 47.7 Å². The number of hydrogen-bond acceptors (Lipinski definition) is 10. The van der Waals surface area contributed by atoms with Crippen molar-refractivity contribution in [1.29, 1.82) is 0 Å². The number of alkyl carbamates (subject to hydrolysis) is 2. The van der Waals surface area contributed by atoms with Gasteiger partial charge in [0, 0.05) is 57.2 Å². The minimum absolute atomic E-state index is 0.00217. The Morgan fingerprint density at radius 3 is 2.11 bits per heavy atom. The molecule has 61 heavy (non-hydrogen) atoms. The van der Waals surface area contributed by atoms with Gasteiger partial charge in [-0.05, 0) is 78.7 Å². The number of H-pyrrole nitrogens is 1.